The summed E-state index contributed by atoms with van der Waals surface area (Å²) in [7, 11) is 0. The van der Waals surface area contributed by atoms with Crippen LogP contribution in [0.3, 0.4) is 0 Å². The van der Waals surface area contributed by atoms with E-state index in [4.69, 9.17) is 8.83 Å². The third-order valence-corrected chi connectivity index (χ3v) is 3.95. The number of anilines is 2. The zero-order valence-corrected chi connectivity index (χ0v) is 12.8. The minimum absolute atomic E-state index is 0.356. The smallest absolute Gasteiger partial charge is 0.336 e. The van der Waals surface area contributed by atoms with Crippen molar-refractivity contribution in [1.82, 2.24) is 0 Å². The van der Waals surface area contributed by atoms with Crippen LogP contribution in [-0.2, 0) is 0 Å². The Kier molecular flexibility index (Phi) is 2.98. The van der Waals surface area contributed by atoms with E-state index in [1.165, 1.54) is 6.07 Å². The second-order valence-corrected chi connectivity index (χ2v) is 5.71. The van der Waals surface area contributed by atoms with Crippen LogP contribution in [0.25, 0.3) is 21.9 Å². The molecule has 114 valence electrons. The van der Waals surface area contributed by atoms with Crippen LogP contribution in [0.5, 0.6) is 0 Å². The first-order chi connectivity index (χ1) is 11.1. The lowest BCUT2D eigenvalue weighted by Gasteiger charge is -2.06. The van der Waals surface area contributed by atoms with Crippen molar-refractivity contribution in [2.45, 2.75) is 13.8 Å². The normalized spacial score (nSPS) is 11.2. The van der Waals surface area contributed by atoms with Crippen molar-refractivity contribution < 1.29 is 8.83 Å². The molecule has 2 aromatic heterocycles. The maximum atomic E-state index is 11.8. The van der Waals surface area contributed by atoms with E-state index in [-0.39, 0.29) is 5.63 Å². The van der Waals surface area contributed by atoms with Gasteiger partial charge in [0.15, 0.2) is 5.58 Å². The number of aryl methyl sites for hydroxylation is 2. The molecular weight excluding hydrogens is 290 g/mol. The first kappa shape index (κ1) is 13.6. The maximum absolute atomic E-state index is 11.8. The van der Waals surface area contributed by atoms with Gasteiger partial charge in [-0.2, -0.15) is 0 Å². The van der Waals surface area contributed by atoms with Crippen molar-refractivity contribution in [3.05, 3.63) is 70.3 Å². The fourth-order valence-corrected chi connectivity index (χ4v) is 2.87. The topological polar surface area (TPSA) is 55.4 Å². The van der Waals surface area contributed by atoms with Crippen molar-refractivity contribution in [2.24, 2.45) is 0 Å². The largest absolute Gasteiger partial charge is 0.462 e. The zero-order chi connectivity index (χ0) is 16.0. The summed E-state index contributed by atoms with van der Waals surface area (Å²) in [6, 6.07) is 13.4. The predicted octanol–water partition coefficient (Wildman–Crippen LogP) is 4.90. The Hall–Kier alpha value is -3.01. The van der Waals surface area contributed by atoms with Gasteiger partial charge in [0.2, 0.25) is 0 Å². The Morgan fingerprint density at radius 2 is 1.91 bits per heavy atom. The van der Waals surface area contributed by atoms with E-state index in [0.717, 1.165) is 33.3 Å². The monoisotopic (exact) mass is 305 g/mol. The van der Waals surface area contributed by atoms with Crippen LogP contribution in [0, 0.1) is 13.8 Å². The number of nitrogens with one attached hydrogen (secondary N) is 1. The highest BCUT2D eigenvalue weighted by Gasteiger charge is 2.14. The third-order valence-electron chi connectivity index (χ3n) is 3.95. The average molecular weight is 305 g/mol. The molecule has 0 saturated heterocycles. The first-order valence-electron chi connectivity index (χ1n) is 7.40. The van der Waals surface area contributed by atoms with Crippen molar-refractivity contribution in [3.8, 4) is 0 Å². The van der Waals surface area contributed by atoms with Gasteiger partial charge in [-0.1, -0.05) is 12.1 Å². The lowest BCUT2D eigenvalue weighted by molar-refractivity contribution is 0.562. The van der Waals surface area contributed by atoms with Crippen LogP contribution in [0.1, 0.15) is 11.1 Å². The van der Waals surface area contributed by atoms with E-state index in [0.29, 0.717) is 11.2 Å². The van der Waals surface area contributed by atoms with Gasteiger partial charge in [0.05, 0.1) is 11.1 Å². The van der Waals surface area contributed by atoms with Crippen LogP contribution in [-0.4, -0.2) is 0 Å². The van der Waals surface area contributed by atoms with Gasteiger partial charge < -0.3 is 14.2 Å². The summed E-state index contributed by atoms with van der Waals surface area (Å²) in [5.74, 6) is 0. The second-order valence-electron chi connectivity index (χ2n) is 5.71. The quantitative estimate of drug-likeness (QED) is 0.535. The summed E-state index contributed by atoms with van der Waals surface area (Å²) < 4.78 is 11.1. The van der Waals surface area contributed by atoms with Crippen LogP contribution in [0.2, 0.25) is 0 Å². The third kappa shape index (κ3) is 2.28. The molecule has 0 spiro atoms. The number of hydrogen-bond donors (Lipinski definition) is 1. The lowest BCUT2D eigenvalue weighted by atomic mass is 10.1. The summed E-state index contributed by atoms with van der Waals surface area (Å²) in [4.78, 5) is 11.8. The summed E-state index contributed by atoms with van der Waals surface area (Å²) >= 11 is 0. The molecule has 0 amide bonds. The number of fused-ring (bicyclic) bond motifs is 3. The van der Waals surface area contributed by atoms with Crippen molar-refractivity contribution in [1.29, 1.82) is 0 Å². The Morgan fingerprint density at radius 1 is 1.04 bits per heavy atom. The van der Waals surface area contributed by atoms with Crippen LogP contribution >= 0.6 is 0 Å². The maximum Gasteiger partial charge on any atom is 0.336 e. The Bertz CT molecular complexity index is 1090. The van der Waals surface area contributed by atoms with E-state index < -0.39 is 0 Å². The standard InChI is InChI=1S/C19H15NO3/c1-11-4-3-5-13(8-11)20-15-10-22-16-7-6-14-12(2)9-17(21)23-19(14)18(15)16/h3-10,20H,1-2H3. The predicted molar refractivity (Wildman–Crippen MR) is 91.5 cm³/mol. The van der Waals surface area contributed by atoms with Crippen molar-refractivity contribution in [2.75, 3.05) is 5.32 Å². The van der Waals surface area contributed by atoms with Crippen LogP contribution < -0.4 is 10.9 Å². The lowest BCUT2D eigenvalue weighted by Crippen LogP contribution is -1.98. The van der Waals surface area contributed by atoms with Gasteiger partial charge in [0.25, 0.3) is 0 Å². The summed E-state index contributed by atoms with van der Waals surface area (Å²) in [5.41, 5.74) is 4.67. The fourth-order valence-electron chi connectivity index (χ4n) is 2.87. The molecule has 4 nitrogen and oxygen atoms in total. The summed E-state index contributed by atoms with van der Waals surface area (Å²) in [6.07, 6.45) is 1.65. The molecule has 0 bridgehead atoms. The molecule has 2 aromatic carbocycles. The van der Waals surface area contributed by atoms with Gasteiger partial charge in [-0.25, -0.2) is 4.79 Å². The van der Waals surface area contributed by atoms with Gasteiger partial charge in [0.1, 0.15) is 11.8 Å². The SMILES string of the molecule is Cc1cccc(Nc2coc3ccc4c(C)cc(=O)oc4c23)c1. The summed E-state index contributed by atoms with van der Waals surface area (Å²) in [6.45, 7) is 3.94. The van der Waals surface area contributed by atoms with Gasteiger partial charge in [0, 0.05) is 17.1 Å². The number of rotatable bonds is 2. The highest BCUT2D eigenvalue weighted by Crippen LogP contribution is 2.35. The molecule has 0 aliphatic heterocycles. The first-order valence-corrected chi connectivity index (χ1v) is 7.40. The molecular formula is C19H15NO3. The number of benzene rings is 2. The van der Waals surface area contributed by atoms with E-state index in [1.807, 2.05) is 50.2 Å². The van der Waals surface area contributed by atoms with E-state index in [2.05, 4.69) is 5.32 Å². The Balaban J connectivity index is 1.97. The molecule has 0 atom stereocenters. The molecule has 0 saturated carbocycles. The molecule has 0 aliphatic carbocycles. The molecule has 4 aromatic rings. The zero-order valence-electron chi connectivity index (χ0n) is 12.8. The minimum atomic E-state index is -0.356. The van der Waals surface area contributed by atoms with Crippen molar-refractivity contribution in [3.63, 3.8) is 0 Å². The molecule has 0 aliphatic rings. The molecule has 2 heterocycles. The molecule has 0 fully saturated rings. The highest BCUT2D eigenvalue weighted by molar-refractivity contribution is 6.10. The number of furan rings is 1. The Morgan fingerprint density at radius 3 is 2.74 bits per heavy atom. The fraction of sp³-hybridized carbons (Fsp3) is 0.105. The molecule has 0 unspecified atom stereocenters. The summed E-state index contributed by atoms with van der Waals surface area (Å²) in [5, 5.41) is 5.03. The number of hydrogen-bond acceptors (Lipinski definition) is 4. The van der Waals surface area contributed by atoms with Gasteiger partial charge in [-0.3, -0.25) is 0 Å². The molecule has 4 heteroatoms. The van der Waals surface area contributed by atoms with Gasteiger partial charge in [-0.15, -0.1) is 0 Å². The minimum Gasteiger partial charge on any atom is -0.462 e. The second kappa shape index (κ2) is 5.02. The highest BCUT2D eigenvalue weighted by atomic mass is 16.4. The Labute approximate surface area is 132 Å². The van der Waals surface area contributed by atoms with E-state index in [9.17, 15) is 4.79 Å². The van der Waals surface area contributed by atoms with Crippen LogP contribution in [0.4, 0.5) is 11.4 Å². The molecule has 1 N–H and O–H groups in total. The van der Waals surface area contributed by atoms with E-state index >= 15 is 0 Å². The van der Waals surface area contributed by atoms with Crippen molar-refractivity contribution >= 4 is 33.3 Å². The molecule has 4 rings (SSSR count). The van der Waals surface area contributed by atoms with Crippen LogP contribution in [0.15, 0.2) is 62.4 Å². The van der Waals surface area contributed by atoms with Gasteiger partial charge in [-0.05, 0) is 49.2 Å². The van der Waals surface area contributed by atoms with Gasteiger partial charge >= 0.3 is 5.63 Å². The molecule has 0 radical (unpaired) electrons. The average Bonchev–Trinajstić information content (AvgIpc) is 2.90. The molecule has 23 heavy (non-hydrogen) atoms. The van der Waals surface area contributed by atoms with E-state index in [1.54, 1.807) is 6.26 Å².